The average Bonchev–Trinajstić information content (AvgIpc) is 2.15. The Balaban J connectivity index is 2.85. The smallest absolute Gasteiger partial charge is 0.0703 e. The number of nitrogens with one attached hydrogen (secondary N) is 1. The van der Waals surface area contributed by atoms with Crippen LogP contribution in [0.5, 0.6) is 0 Å². The van der Waals surface area contributed by atoms with E-state index < -0.39 is 0 Å². The van der Waals surface area contributed by atoms with Gasteiger partial charge in [-0.1, -0.05) is 13.3 Å². The molecule has 3 nitrogen and oxygen atoms in total. The van der Waals surface area contributed by atoms with E-state index in [1.807, 2.05) is 13.8 Å². The van der Waals surface area contributed by atoms with E-state index in [1.165, 1.54) is 12.8 Å². The van der Waals surface area contributed by atoms with Crippen LogP contribution in [0, 0.1) is 0 Å². The summed E-state index contributed by atoms with van der Waals surface area (Å²) in [6.45, 7) is 10.5. The van der Waals surface area contributed by atoms with E-state index in [4.69, 9.17) is 9.47 Å². The molecule has 0 fully saturated rings. The molecule has 0 saturated heterocycles. The molecule has 0 rings (SSSR count). The molecule has 0 saturated carbocycles. The van der Waals surface area contributed by atoms with Crippen molar-refractivity contribution in [2.45, 2.75) is 39.7 Å². The van der Waals surface area contributed by atoms with Gasteiger partial charge in [0, 0.05) is 6.54 Å². The first-order valence-corrected chi connectivity index (χ1v) is 5.67. The topological polar surface area (TPSA) is 30.5 Å². The number of hydrogen-bond donors (Lipinski definition) is 1. The lowest BCUT2D eigenvalue weighted by atomic mass is 10.3. The highest BCUT2D eigenvalue weighted by Crippen LogP contribution is 1.87. The molecule has 3 heteroatoms. The Morgan fingerprint density at radius 1 is 1.07 bits per heavy atom. The minimum Gasteiger partial charge on any atom is -0.378 e. The summed E-state index contributed by atoms with van der Waals surface area (Å²) in [6, 6.07) is 0. The zero-order valence-electron chi connectivity index (χ0n) is 9.84. The first-order valence-electron chi connectivity index (χ1n) is 5.67. The second-order valence-electron chi connectivity index (χ2n) is 3.64. The standard InChI is InChI=1S/C11H25NO2/c1-4-5-6-12-7-8-13-9-10-14-11(2)3/h11-12H,4-10H2,1-3H3. The van der Waals surface area contributed by atoms with Gasteiger partial charge in [0.2, 0.25) is 0 Å². The molecule has 0 spiro atoms. The van der Waals surface area contributed by atoms with Crippen LogP contribution in [0.2, 0.25) is 0 Å². The third kappa shape index (κ3) is 11.9. The lowest BCUT2D eigenvalue weighted by Gasteiger charge is -2.08. The van der Waals surface area contributed by atoms with Gasteiger partial charge in [-0.3, -0.25) is 0 Å². The second kappa shape index (κ2) is 11.0. The van der Waals surface area contributed by atoms with Gasteiger partial charge < -0.3 is 14.8 Å². The van der Waals surface area contributed by atoms with Crippen molar-refractivity contribution in [1.29, 1.82) is 0 Å². The summed E-state index contributed by atoms with van der Waals surface area (Å²) in [5.74, 6) is 0. The van der Waals surface area contributed by atoms with E-state index >= 15 is 0 Å². The van der Waals surface area contributed by atoms with Crippen LogP contribution in [-0.4, -0.2) is 39.0 Å². The third-order valence-corrected chi connectivity index (χ3v) is 1.81. The Morgan fingerprint density at radius 3 is 2.50 bits per heavy atom. The van der Waals surface area contributed by atoms with Crippen molar-refractivity contribution < 1.29 is 9.47 Å². The van der Waals surface area contributed by atoms with Crippen molar-refractivity contribution in [2.24, 2.45) is 0 Å². The van der Waals surface area contributed by atoms with Crippen LogP contribution in [0.25, 0.3) is 0 Å². The van der Waals surface area contributed by atoms with Gasteiger partial charge in [-0.2, -0.15) is 0 Å². The van der Waals surface area contributed by atoms with E-state index in [9.17, 15) is 0 Å². The Hall–Kier alpha value is -0.120. The predicted octanol–water partition coefficient (Wildman–Crippen LogP) is 1.82. The number of unbranched alkanes of at least 4 members (excludes halogenated alkanes) is 1. The van der Waals surface area contributed by atoms with Crippen LogP contribution < -0.4 is 5.32 Å². The van der Waals surface area contributed by atoms with Gasteiger partial charge in [0.15, 0.2) is 0 Å². The maximum absolute atomic E-state index is 5.38. The molecule has 0 heterocycles. The van der Waals surface area contributed by atoms with E-state index in [0.717, 1.165) is 19.7 Å². The van der Waals surface area contributed by atoms with E-state index in [2.05, 4.69) is 12.2 Å². The van der Waals surface area contributed by atoms with E-state index in [-0.39, 0.29) is 0 Å². The molecule has 0 unspecified atom stereocenters. The lowest BCUT2D eigenvalue weighted by Crippen LogP contribution is -2.21. The fraction of sp³-hybridized carbons (Fsp3) is 1.00. The van der Waals surface area contributed by atoms with Crippen LogP contribution in [0.3, 0.4) is 0 Å². The Labute approximate surface area is 88.2 Å². The highest BCUT2D eigenvalue weighted by molar-refractivity contribution is 4.45. The molecular weight excluding hydrogens is 178 g/mol. The zero-order valence-corrected chi connectivity index (χ0v) is 9.84. The molecule has 0 aromatic heterocycles. The van der Waals surface area contributed by atoms with Gasteiger partial charge in [0.05, 0.1) is 25.9 Å². The first-order chi connectivity index (χ1) is 6.77. The lowest BCUT2D eigenvalue weighted by molar-refractivity contribution is 0.0204. The van der Waals surface area contributed by atoms with E-state index in [0.29, 0.717) is 19.3 Å². The quantitative estimate of drug-likeness (QED) is 0.549. The monoisotopic (exact) mass is 203 g/mol. The van der Waals surface area contributed by atoms with Crippen molar-refractivity contribution >= 4 is 0 Å². The van der Waals surface area contributed by atoms with Gasteiger partial charge >= 0.3 is 0 Å². The molecule has 14 heavy (non-hydrogen) atoms. The highest BCUT2D eigenvalue weighted by atomic mass is 16.5. The van der Waals surface area contributed by atoms with Gasteiger partial charge in [-0.25, -0.2) is 0 Å². The summed E-state index contributed by atoms with van der Waals surface area (Å²) in [5.41, 5.74) is 0. The van der Waals surface area contributed by atoms with Crippen LogP contribution >= 0.6 is 0 Å². The molecule has 0 aromatic carbocycles. The van der Waals surface area contributed by atoms with Gasteiger partial charge in [-0.15, -0.1) is 0 Å². The van der Waals surface area contributed by atoms with Crippen molar-refractivity contribution in [3.63, 3.8) is 0 Å². The second-order valence-corrected chi connectivity index (χ2v) is 3.64. The predicted molar refractivity (Wildman–Crippen MR) is 59.7 cm³/mol. The normalized spacial score (nSPS) is 11.1. The van der Waals surface area contributed by atoms with Crippen LogP contribution in [0.15, 0.2) is 0 Å². The third-order valence-electron chi connectivity index (χ3n) is 1.81. The largest absolute Gasteiger partial charge is 0.378 e. The van der Waals surface area contributed by atoms with E-state index in [1.54, 1.807) is 0 Å². The van der Waals surface area contributed by atoms with Crippen molar-refractivity contribution in [2.75, 3.05) is 32.9 Å². The molecule has 0 aliphatic rings. The summed E-state index contributed by atoms with van der Waals surface area (Å²) in [4.78, 5) is 0. The average molecular weight is 203 g/mol. The van der Waals surface area contributed by atoms with Crippen molar-refractivity contribution in [1.82, 2.24) is 5.32 Å². The van der Waals surface area contributed by atoms with Gasteiger partial charge in [0.1, 0.15) is 0 Å². The fourth-order valence-electron chi connectivity index (χ4n) is 1.02. The molecule has 0 bridgehead atoms. The molecule has 0 amide bonds. The number of ether oxygens (including phenoxy) is 2. The molecule has 0 aromatic rings. The summed E-state index contributed by atoms with van der Waals surface area (Å²) in [5, 5.41) is 3.32. The first kappa shape index (κ1) is 13.9. The molecule has 0 aliphatic heterocycles. The number of hydrogen-bond acceptors (Lipinski definition) is 3. The summed E-state index contributed by atoms with van der Waals surface area (Å²) in [6.07, 6.45) is 2.80. The maximum atomic E-state index is 5.38. The Kier molecular flexibility index (Phi) is 10.9. The summed E-state index contributed by atoms with van der Waals surface area (Å²) >= 11 is 0. The van der Waals surface area contributed by atoms with Gasteiger partial charge in [-0.05, 0) is 26.8 Å². The minimum atomic E-state index is 0.307. The summed E-state index contributed by atoms with van der Waals surface area (Å²) in [7, 11) is 0. The summed E-state index contributed by atoms with van der Waals surface area (Å²) < 4.78 is 10.7. The fourth-order valence-corrected chi connectivity index (χ4v) is 1.02. The molecule has 86 valence electrons. The molecule has 1 N–H and O–H groups in total. The molecule has 0 atom stereocenters. The van der Waals surface area contributed by atoms with Crippen molar-refractivity contribution in [3.8, 4) is 0 Å². The Morgan fingerprint density at radius 2 is 1.86 bits per heavy atom. The molecule has 0 aliphatic carbocycles. The Bertz CT molecular complexity index is 107. The maximum Gasteiger partial charge on any atom is 0.0703 e. The van der Waals surface area contributed by atoms with Crippen LogP contribution in [-0.2, 0) is 9.47 Å². The van der Waals surface area contributed by atoms with Crippen LogP contribution in [0.4, 0.5) is 0 Å². The molecular formula is C11H25NO2. The minimum absolute atomic E-state index is 0.307. The molecule has 0 radical (unpaired) electrons. The van der Waals surface area contributed by atoms with Gasteiger partial charge in [0.25, 0.3) is 0 Å². The number of rotatable bonds is 10. The van der Waals surface area contributed by atoms with Crippen molar-refractivity contribution in [3.05, 3.63) is 0 Å². The highest BCUT2D eigenvalue weighted by Gasteiger charge is 1.92. The van der Waals surface area contributed by atoms with Crippen LogP contribution in [0.1, 0.15) is 33.6 Å². The SMILES string of the molecule is CCCCNCCOCCOC(C)C. The zero-order chi connectivity index (χ0) is 10.6.